The summed E-state index contributed by atoms with van der Waals surface area (Å²) in [6, 6.07) is 17.8. The van der Waals surface area contributed by atoms with Crippen LogP contribution in [0.5, 0.6) is 0 Å². The van der Waals surface area contributed by atoms with Gasteiger partial charge in [-0.25, -0.2) is 14.4 Å². The van der Waals surface area contributed by atoms with Gasteiger partial charge in [-0.1, -0.05) is 48.0 Å². The lowest BCUT2D eigenvalue weighted by atomic mass is 9.98. The molecule has 0 aliphatic heterocycles. The first kappa shape index (κ1) is 16.3. The first-order valence-corrected chi connectivity index (χ1v) is 8.29. The fourth-order valence-electron chi connectivity index (χ4n) is 2.98. The molecule has 0 bridgehead atoms. The zero-order valence-corrected chi connectivity index (χ0v) is 14.3. The number of benzene rings is 3. The Hall–Kier alpha value is -3.18. The average molecular weight is 365 g/mol. The molecule has 4 aromatic rings. The Bertz CT molecular complexity index is 1130. The molecular formula is C20H14ClFN4. The van der Waals surface area contributed by atoms with Crippen molar-refractivity contribution in [2.45, 2.75) is 0 Å². The van der Waals surface area contributed by atoms with Gasteiger partial charge < -0.3 is 11.5 Å². The van der Waals surface area contributed by atoms with Gasteiger partial charge in [0, 0.05) is 11.3 Å². The van der Waals surface area contributed by atoms with Crippen LogP contribution in [0.1, 0.15) is 0 Å². The number of hydrogen-bond donors (Lipinski definition) is 2. The minimum Gasteiger partial charge on any atom is -0.398 e. The average Bonchev–Trinajstić information content (AvgIpc) is 2.65. The zero-order valence-electron chi connectivity index (χ0n) is 13.6. The van der Waals surface area contributed by atoms with Gasteiger partial charge in [-0.15, -0.1) is 0 Å². The number of nitrogen functional groups attached to an aromatic ring is 2. The van der Waals surface area contributed by atoms with Gasteiger partial charge in [0.15, 0.2) is 11.6 Å². The molecule has 0 fully saturated rings. The molecule has 0 aliphatic rings. The first-order valence-electron chi connectivity index (χ1n) is 7.92. The molecule has 0 saturated heterocycles. The SMILES string of the molecule is Nc1ccc2nc(-c3cccc(Cl)c3F)nc(N)c2c1-c1ccccc1. The van der Waals surface area contributed by atoms with E-state index in [0.29, 0.717) is 16.6 Å². The Labute approximate surface area is 154 Å². The molecule has 6 heteroatoms. The Balaban J connectivity index is 2.01. The van der Waals surface area contributed by atoms with Crippen molar-refractivity contribution in [3.8, 4) is 22.5 Å². The molecule has 128 valence electrons. The van der Waals surface area contributed by atoms with Crippen molar-refractivity contribution in [1.82, 2.24) is 9.97 Å². The predicted octanol–water partition coefficient (Wildman–Crippen LogP) is 4.92. The number of nitrogens with two attached hydrogens (primary N) is 2. The molecule has 0 saturated carbocycles. The maximum Gasteiger partial charge on any atom is 0.165 e. The maximum absolute atomic E-state index is 14.4. The summed E-state index contributed by atoms with van der Waals surface area (Å²) in [5, 5.41) is 0.648. The summed E-state index contributed by atoms with van der Waals surface area (Å²) in [4.78, 5) is 8.80. The van der Waals surface area contributed by atoms with Crippen molar-refractivity contribution in [1.29, 1.82) is 0 Å². The second-order valence-corrected chi connectivity index (χ2v) is 6.23. The van der Waals surface area contributed by atoms with Crippen molar-refractivity contribution in [3.05, 3.63) is 71.5 Å². The second-order valence-electron chi connectivity index (χ2n) is 5.82. The molecule has 0 aliphatic carbocycles. The molecule has 0 radical (unpaired) electrons. The molecule has 26 heavy (non-hydrogen) atoms. The van der Waals surface area contributed by atoms with Crippen LogP contribution in [0.2, 0.25) is 5.02 Å². The largest absolute Gasteiger partial charge is 0.398 e. The van der Waals surface area contributed by atoms with Crippen LogP contribution >= 0.6 is 11.6 Å². The quantitative estimate of drug-likeness (QED) is 0.495. The number of aromatic nitrogens is 2. The highest BCUT2D eigenvalue weighted by molar-refractivity contribution is 6.31. The topological polar surface area (TPSA) is 77.8 Å². The molecule has 3 aromatic carbocycles. The Morgan fingerprint density at radius 1 is 0.846 bits per heavy atom. The molecule has 0 spiro atoms. The van der Waals surface area contributed by atoms with E-state index < -0.39 is 5.82 Å². The highest BCUT2D eigenvalue weighted by Crippen LogP contribution is 2.37. The predicted molar refractivity (Wildman–Crippen MR) is 104 cm³/mol. The number of nitrogens with zero attached hydrogens (tertiary/aromatic N) is 2. The summed E-state index contributed by atoms with van der Waals surface area (Å²) in [5.41, 5.74) is 15.4. The monoisotopic (exact) mass is 364 g/mol. The normalized spacial score (nSPS) is 11.0. The third kappa shape index (κ3) is 2.62. The summed E-state index contributed by atoms with van der Waals surface area (Å²) >= 11 is 5.87. The van der Waals surface area contributed by atoms with Gasteiger partial charge in [0.25, 0.3) is 0 Å². The summed E-state index contributed by atoms with van der Waals surface area (Å²) < 4.78 is 14.4. The van der Waals surface area contributed by atoms with Gasteiger partial charge in [-0.2, -0.15) is 0 Å². The van der Waals surface area contributed by atoms with Crippen molar-refractivity contribution in [3.63, 3.8) is 0 Å². The Kier molecular flexibility index (Phi) is 3.93. The van der Waals surface area contributed by atoms with Crippen LogP contribution in [-0.4, -0.2) is 9.97 Å². The molecular weight excluding hydrogens is 351 g/mol. The summed E-state index contributed by atoms with van der Waals surface area (Å²) in [6.45, 7) is 0. The molecule has 0 amide bonds. The standard InChI is InChI=1S/C20H14ClFN4/c21-13-8-4-7-12(18(13)22)20-25-15-10-9-14(23)16(17(15)19(24)26-20)11-5-2-1-3-6-11/h1-10H,23H2,(H2,24,25,26). The maximum atomic E-state index is 14.4. The van der Waals surface area contributed by atoms with E-state index in [1.165, 1.54) is 6.07 Å². The number of anilines is 2. The van der Waals surface area contributed by atoms with Crippen LogP contribution in [0, 0.1) is 5.82 Å². The molecule has 4 nitrogen and oxygen atoms in total. The van der Waals surface area contributed by atoms with E-state index in [1.54, 1.807) is 24.3 Å². The first-order chi connectivity index (χ1) is 12.6. The van der Waals surface area contributed by atoms with E-state index >= 15 is 0 Å². The highest BCUT2D eigenvalue weighted by Gasteiger charge is 2.17. The van der Waals surface area contributed by atoms with Crippen LogP contribution in [-0.2, 0) is 0 Å². The molecule has 0 unspecified atom stereocenters. The third-order valence-electron chi connectivity index (χ3n) is 4.18. The summed E-state index contributed by atoms with van der Waals surface area (Å²) in [6.07, 6.45) is 0. The van der Waals surface area contributed by atoms with Crippen LogP contribution < -0.4 is 11.5 Å². The number of halogens is 2. The lowest BCUT2D eigenvalue weighted by molar-refractivity contribution is 0.630. The molecule has 1 heterocycles. The van der Waals surface area contributed by atoms with E-state index in [9.17, 15) is 4.39 Å². The van der Waals surface area contributed by atoms with E-state index in [1.807, 2.05) is 30.3 Å². The summed E-state index contributed by atoms with van der Waals surface area (Å²) in [5.74, 6) is -0.166. The van der Waals surface area contributed by atoms with Gasteiger partial charge in [-0.05, 0) is 29.8 Å². The molecule has 4 rings (SSSR count). The smallest absolute Gasteiger partial charge is 0.165 e. The van der Waals surface area contributed by atoms with Gasteiger partial charge in [0.1, 0.15) is 5.82 Å². The Morgan fingerprint density at radius 3 is 2.38 bits per heavy atom. The highest BCUT2D eigenvalue weighted by atomic mass is 35.5. The van der Waals surface area contributed by atoms with Crippen LogP contribution in [0.3, 0.4) is 0 Å². The van der Waals surface area contributed by atoms with Crippen molar-refractivity contribution >= 4 is 34.0 Å². The fourth-order valence-corrected chi connectivity index (χ4v) is 3.16. The van der Waals surface area contributed by atoms with Crippen molar-refractivity contribution in [2.24, 2.45) is 0 Å². The van der Waals surface area contributed by atoms with E-state index in [-0.39, 0.29) is 22.2 Å². The molecule has 4 N–H and O–H groups in total. The lowest BCUT2D eigenvalue weighted by Crippen LogP contribution is -2.02. The Morgan fingerprint density at radius 2 is 1.62 bits per heavy atom. The van der Waals surface area contributed by atoms with Gasteiger partial charge in [0.05, 0.1) is 21.5 Å². The zero-order chi connectivity index (χ0) is 18.3. The van der Waals surface area contributed by atoms with Crippen molar-refractivity contribution < 1.29 is 4.39 Å². The van der Waals surface area contributed by atoms with Crippen molar-refractivity contribution in [2.75, 3.05) is 11.5 Å². The number of fused-ring (bicyclic) bond motifs is 1. The molecule has 1 aromatic heterocycles. The molecule has 0 atom stereocenters. The van der Waals surface area contributed by atoms with Crippen LogP contribution in [0.4, 0.5) is 15.9 Å². The number of hydrogen-bond acceptors (Lipinski definition) is 4. The minimum atomic E-state index is -0.577. The lowest BCUT2D eigenvalue weighted by Gasteiger charge is -2.13. The summed E-state index contributed by atoms with van der Waals surface area (Å²) in [7, 11) is 0. The van der Waals surface area contributed by atoms with Crippen LogP contribution in [0.15, 0.2) is 60.7 Å². The third-order valence-corrected chi connectivity index (χ3v) is 4.47. The second kappa shape index (κ2) is 6.28. The fraction of sp³-hybridized carbons (Fsp3) is 0. The van der Waals surface area contributed by atoms with E-state index in [2.05, 4.69) is 9.97 Å². The minimum absolute atomic E-state index is 0.00653. The van der Waals surface area contributed by atoms with Gasteiger partial charge >= 0.3 is 0 Å². The van der Waals surface area contributed by atoms with E-state index in [4.69, 9.17) is 23.1 Å². The van der Waals surface area contributed by atoms with E-state index in [0.717, 1.165) is 11.1 Å². The number of rotatable bonds is 2. The van der Waals surface area contributed by atoms with Gasteiger partial charge in [0.2, 0.25) is 0 Å². The van der Waals surface area contributed by atoms with Gasteiger partial charge in [-0.3, -0.25) is 0 Å². The van der Waals surface area contributed by atoms with Crippen LogP contribution in [0.25, 0.3) is 33.4 Å².